The number of carbonyl (C=O) groups excluding carboxylic acids is 3. The minimum atomic E-state index is -0.987. The third-order valence-corrected chi connectivity index (χ3v) is 7.43. The number of nitrogens with zero attached hydrogens (tertiary/aromatic N) is 2. The van der Waals surface area contributed by atoms with E-state index in [-0.39, 0.29) is 5.91 Å². The summed E-state index contributed by atoms with van der Waals surface area (Å²) in [6.07, 6.45) is 0.987. The van der Waals surface area contributed by atoms with Crippen molar-refractivity contribution in [3.8, 4) is 11.5 Å². The second kappa shape index (κ2) is 11.9. The third kappa shape index (κ3) is 5.24. The van der Waals surface area contributed by atoms with Gasteiger partial charge in [0.25, 0.3) is 5.91 Å². The predicted octanol–water partition coefficient (Wildman–Crippen LogP) is 6.14. The number of ether oxygens (including phenoxy) is 2. The average molecular weight is 563 g/mol. The number of anilines is 2. The van der Waals surface area contributed by atoms with E-state index >= 15 is 0 Å². The van der Waals surface area contributed by atoms with Crippen LogP contribution in [0.1, 0.15) is 41.7 Å². The van der Waals surface area contributed by atoms with Gasteiger partial charge in [-0.25, -0.2) is 14.8 Å². The standard InChI is InChI=1S/C34H30N2O6/c1-2-3-22-40-27-20-16-25(17-21-27)35-32(37)29-30(36(42-31(29)33(35)38)26-12-8-5-9-13-26)23-14-18-28(19-15-23)41-34(39)24-10-6-4-7-11-24/h4-21,29-31H,2-3,22H2,1H3/t29-,30-,31-/m1/s1. The van der Waals surface area contributed by atoms with E-state index in [2.05, 4.69) is 6.92 Å². The SMILES string of the molecule is CCCCOc1ccc(N2C(=O)[C@@H]3[C@@H](c4ccc(OC(=O)c5ccccc5)cc4)N(c4ccccc4)O[C@H]3C2=O)cc1. The van der Waals surface area contributed by atoms with Crippen LogP contribution in [0.2, 0.25) is 0 Å². The number of hydroxylamine groups is 1. The number of rotatable bonds is 9. The molecule has 2 amide bonds. The van der Waals surface area contributed by atoms with Crippen LogP contribution < -0.4 is 19.4 Å². The minimum absolute atomic E-state index is 0.340. The summed E-state index contributed by atoms with van der Waals surface area (Å²) in [5.41, 5.74) is 2.38. The number of para-hydroxylation sites is 1. The first-order chi connectivity index (χ1) is 20.5. The number of hydrogen-bond acceptors (Lipinski definition) is 7. The lowest BCUT2D eigenvalue weighted by Crippen LogP contribution is -2.37. The zero-order chi connectivity index (χ0) is 29.1. The maximum absolute atomic E-state index is 13.9. The molecule has 2 saturated heterocycles. The summed E-state index contributed by atoms with van der Waals surface area (Å²) in [7, 11) is 0. The fraction of sp³-hybridized carbons (Fsp3) is 0.206. The van der Waals surface area contributed by atoms with Crippen LogP contribution in [-0.4, -0.2) is 30.5 Å². The number of esters is 1. The van der Waals surface area contributed by atoms with Crippen molar-refractivity contribution in [2.75, 3.05) is 16.6 Å². The van der Waals surface area contributed by atoms with Gasteiger partial charge in [-0.2, -0.15) is 0 Å². The van der Waals surface area contributed by atoms with E-state index in [1.54, 1.807) is 77.9 Å². The molecule has 212 valence electrons. The van der Waals surface area contributed by atoms with Gasteiger partial charge < -0.3 is 9.47 Å². The van der Waals surface area contributed by atoms with Crippen molar-refractivity contribution in [2.45, 2.75) is 31.9 Å². The van der Waals surface area contributed by atoms with Crippen LogP contribution in [0.5, 0.6) is 11.5 Å². The molecule has 0 N–H and O–H groups in total. The molecule has 0 aliphatic carbocycles. The van der Waals surface area contributed by atoms with Gasteiger partial charge in [-0.05, 0) is 72.6 Å². The molecule has 4 aromatic carbocycles. The highest BCUT2D eigenvalue weighted by Crippen LogP contribution is 2.47. The first-order valence-electron chi connectivity index (χ1n) is 14.0. The van der Waals surface area contributed by atoms with Crippen LogP contribution >= 0.6 is 0 Å². The molecular formula is C34H30N2O6. The topological polar surface area (TPSA) is 85.4 Å². The molecule has 6 rings (SSSR count). The molecule has 2 fully saturated rings. The molecular weight excluding hydrogens is 532 g/mol. The van der Waals surface area contributed by atoms with E-state index in [0.717, 1.165) is 24.1 Å². The number of fused-ring (bicyclic) bond motifs is 1. The molecule has 0 saturated carbocycles. The Hall–Kier alpha value is -4.95. The maximum atomic E-state index is 13.9. The van der Waals surface area contributed by atoms with Crippen LogP contribution in [0.4, 0.5) is 11.4 Å². The van der Waals surface area contributed by atoms with Crippen molar-refractivity contribution < 1.29 is 28.7 Å². The molecule has 4 aromatic rings. The maximum Gasteiger partial charge on any atom is 0.343 e. The van der Waals surface area contributed by atoms with Crippen LogP contribution in [0.25, 0.3) is 0 Å². The zero-order valence-corrected chi connectivity index (χ0v) is 23.1. The molecule has 0 radical (unpaired) electrons. The fourth-order valence-corrected chi connectivity index (χ4v) is 5.31. The molecule has 3 atom stereocenters. The van der Waals surface area contributed by atoms with E-state index < -0.39 is 29.9 Å². The van der Waals surface area contributed by atoms with E-state index in [9.17, 15) is 14.4 Å². The number of carbonyl (C=O) groups is 3. The van der Waals surface area contributed by atoms with Crippen molar-refractivity contribution in [1.82, 2.24) is 0 Å². The van der Waals surface area contributed by atoms with Gasteiger partial charge >= 0.3 is 5.97 Å². The van der Waals surface area contributed by atoms with Crippen molar-refractivity contribution in [3.05, 3.63) is 120 Å². The number of hydrogen-bond donors (Lipinski definition) is 0. The molecule has 42 heavy (non-hydrogen) atoms. The molecule has 2 heterocycles. The molecule has 8 nitrogen and oxygen atoms in total. The summed E-state index contributed by atoms with van der Waals surface area (Å²) >= 11 is 0. The Morgan fingerprint density at radius 1 is 0.762 bits per heavy atom. The Kier molecular flexibility index (Phi) is 7.70. The summed E-state index contributed by atoms with van der Waals surface area (Å²) in [5, 5.41) is 1.64. The summed E-state index contributed by atoms with van der Waals surface area (Å²) in [6, 6.07) is 31.5. The Bertz CT molecular complexity index is 1560. The van der Waals surface area contributed by atoms with E-state index in [4.69, 9.17) is 14.3 Å². The summed E-state index contributed by atoms with van der Waals surface area (Å²) in [6.45, 7) is 2.70. The molecule has 2 aliphatic heterocycles. The van der Waals surface area contributed by atoms with E-state index in [0.29, 0.717) is 29.4 Å². The smallest absolute Gasteiger partial charge is 0.343 e. The van der Waals surface area contributed by atoms with Crippen LogP contribution in [-0.2, 0) is 14.4 Å². The van der Waals surface area contributed by atoms with Crippen LogP contribution in [0.3, 0.4) is 0 Å². The number of unbranched alkanes of at least 4 members (excludes halogenated alkanes) is 1. The van der Waals surface area contributed by atoms with Gasteiger partial charge in [-0.15, -0.1) is 0 Å². The lowest BCUT2D eigenvalue weighted by atomic mass is 9.90. The lowest BCUT2D eigenvalue weighted by molar-refractivity contribution is -0.126. The lowest BCUT2D eigenvalue weighted by Gasteiger charge is -2.28. The largest absolute Gasteiger partial charge is 0.494 e. The first kappa shape index (κ1) is 27.2. The second-order valence-corrected chi connectivity index (χ2v) is 10.2. The van der Waals surface area contributed by atoms with Crippen molar-refractivity contribution >= 4 is 29.2 Å². The average Bonchev–Trinajstić information content (AvgIpc) is 3.54. The van der Waals surface area contributed by atoms with Crippen molar-refractivity contribution in [2.24, 2.45) is 5.92 Å². The van der Waals surface area contributed by atoms with Gasteiger partial charge in [0.2, 0.25) is 5.91 Å². The Morgan fingerprint density at radius 2 is 1.40 bits per heavy atom. The second-order valence-electron chi connectivity index (χ2n) is 10.2. The number of imide groups is 1. The summed E-state index contributed by atoms with van der Waals surface area (Å²) in [4.78, 5) is 47.5. The highest BCUT2D eigenvalue weighted by molar-refractivity contribution is 6.24. The predicted molar refractivity (Wildman–Crippen MR) is 157 cm³/mol. The highest BCUT2D eigenvalue weighted by atomic mass is 16.7. The minimum Gasteiger partial charge on any atom is -0.494 e. The van der Waals surface area contributed by atoms with Gasteiger partial charge in [0, 0.05) is 0 Å². The van der Waals surface area contributed by atoms with Crippen molar-refractivity contribution in [3.63, 3.8) is 0 Å². The monoisotopic (exact) mass is 562 g/mol. The Labute approximate surface area is 244 Å². The molecule has 0 spiro atoms. The van der Waals surface area contributed by atoms with Gasteiger partial charge in [0.05, 0.1) is 29.6 Å². The summed E-state index contributed by atoms with van der Waals surface area (Å²) < 4.78 is 11.3. The van der Waals surface area contributed by atoms with Gasteiger partial charge in [0.1, 0.15) is 17.4 Å². The van der Waals surface area contributed by atoms with Crippen molar-refractivity contribution in [1.29, 1.82) is 0 Å². The molecule has 8 heteroatoms. The fourth-order valence-electron chi connectivity index (χ4n) is 5.31. The van der Waals surface area contributed by atoms with Gasteiger partial charge in [-0.3, -0.25) is 14.4 Å². The Balaban J connectivity index is 1.27. The molecule has 0 bridgehead atoms. The first-order valence-corrected chi connectivity index (χ1v) is 14.0. The highest BCUT2D eigenvalue weighted by Gasteiger charge is 2.60. The van der Waals surface area contributed by atoms with E-state index in [1.807, 2.05) is 36.4 Å². The van der Waals surface area contributed by atoms with Gasteiger partial charge in [-0.1, -0.05) is 61.9 Å². The van der Waals surface area contributed by atoms with E-state index in [1.165, 1.54) is 4.90 Å². The van der Waals surface area contributed by atoms with Gasteiger partial charge in [0.15, 0.2) is 6.10 Å². The Morgan fingerprint density at radius 3 is 2.07 bits per heavy atom. The normalized spacial score (nSPS) is 19.6. The van der Waals surface area contributed by atoms with Crippen LogP contribution in [0.15, 0.2) is 109 Å². The molecule has 0 aromatic heterocycles. The zero-order valence-electron chi connectivity index (χ0n) is 23.1. The number of amides is 2. The number of benzene rings is 4. The summed E-state index contributed by atoms with van der Waals surface area (Å²) in [5.74, 6) is -0.951. The quantitative estimate of drug-likeness (QED) is 0.105. The third-order valence-electron chi connectivity index (χ3n) is 7.43. The molecule has 2 aliphatic rings. The molecule has 0 unspecified atom stereocenters. The van der Waals surface area contributed by atoms with Crippen LogP contribution in [0, 0.1) is 5.92 Å².